The largest absolute Gasteiger partial charge is 0.345 e. The Morgan fingerprint density at radius 3 is 2.67 bits per heavy atom. The van der Waals surface area contributed by atoms with E-state index in [0.29, 0.717) is 18.0 Å². The zero-order valence-corrected chi connectivity index (χ0v) is 11.4. The fourth-order valence-corrected chi connectivity index (χ4v) is 1.87. The summed E-state index contributed by atoms with van der Waals surface area (Å²) in [5.74, 6) is 0.291. The van der Waals surface area contributed by atoms with Crippen molar-refractivity contribution in [2.24, 2.45) is 0 Å². The highest BCUT2D eigenvalue weighted by Crippen LogP contribution is 2.09. The van der Waals surface area contributed by atoms with Crippen LogP contribution in [-0.2, 0) is 11.2 Å². The molecular formula is C14H19ClFNO. The molecule has 4 heteroatoms. The molecule has 0 atom stereocenters. The van der Waals surface area contributed by atoms with Crippen LogP contribution >= 0.6 is 11.6 Å². The smallest absolute Gasteiger partial charge is 0.226 e. The average Bonchev–Trinajstić information content (AvgIpc) is 2.37. The second-order valence-electron chi connectivity index (χ2n) is 4.33. The lowest BCUT2D eigenvalue weighted by molar-refractivity contribution is -0.129. The molecule has 0 aliphatic carbocycles. The van der Waals surface area contributed by atoms with Crippen LogP contribution in [0.1, 0.15) is 24.8 Å². The van der Waals surface area contributed by atoms with Gasteiger partial charge in [-0.1, -0.05) is 24.6 Å². The average molecular weight is 272 g/mol. The molecule has 0 unspecified atom stereocenters. The van der Waals surface area contributed by atoms with Gasteiger partial charge in [-0.25, -0.2) is 4.39 Å². The molecule has 18 heavy (non-hydrogen) atoms. The number of hydrogen-bond acceptors (Lipinski definition) is 1. The van der Waals surface area contributed by atoms with Crippen molar-refractivity contribution in [2.45, 2.75) is 25.7 Å². The maximum absolute atomic E-state index is 13.4. The summed E-state index contributed by atoms with van der Waals surface area (Å²) in [5, 5.41) is 0. The van der Waals surface area contributed by atoms with E-state index in [1.807, 2.05) is 0 Å². The molecule has 0 radical (unpaired) electrons. The van der Waals surface area contributed by atoms with E-state index in [0.717, 1.165) is 19.3 Å². The normalized spacial score (nSPS) is 10.4. The van der Waals surface area contributed by atoms with Crippen LogP contribution in [0.5, 0.6) is 0 Å². The number of rotatable bonds is 7. The Bertz CT molecular complexity index is 384. The highest BCUT2D eigenvalue weighted by molar-refractivity contribution is 6.17. The number of benzene rings is 1. The van der Waals surface area contributed by atoms with E-state index in [4.69, 9.17) is 11.6 Å². The number of hydrogen-bond donors (Lipinski definition) is 0. The predicted octanol–water partition coefficient (Wildman–Crippen LogP) is 3.24. The topological polar surface area (TPSA) is 20.3 Å². The SMILES string of the molecule is CN(CCCCCCl)C(=O)Cc1ccccc1F. The molecule has 0 bridgehead atoms. The Balaban J connectivity index is 2.38. The van der Waals surface area contributed by atoms with Crippen LogP contribution in [-0.4, -0.2) is 30.3 Å². The molecule has 0 aromatic heterocycles. The fraction of sp³-hybridized carbons (Fsp3) is 0.500. The van der Waals surface area contributed by atoms with Gasteiger partial charge >= 0.3 is 0 Å². The van der Waals surface area contributed by atoms with Crippen molar-refractivity contribution in [3.05, 3.63) is 35.6 Å². The van der Waals surface area contributed by atoms with Gasteiger partial charge in [-0.3, -0.25) is 4.79 Å². The molecule has 0 heterocycles. The van der Waals surface area contributed by atoms with Gasteiger partial charge in [0, 0.05) is 19.5 Å². The van der Waals surface area contributed by atoms with E-state index in [-0.39, 0.29) is 18.1 Å². The third-order valence-corrected chi connectivity index (χ3v) is 3.12. The third-order valence-electron chi connectivity index (χ3n) is 2.85. The number of nitrogens with zero attached hydrogens (tertiary/aromatic N) is 1. The monoisotopic (exact) mass is 271 g/mol. The van der Waals surface area contributed by atoms with E-state index < -0.39 is 0 Å². The first-order chi connectivity index (χ1) is 8.65. The molecule has 2 nitrogen and oxygen atoms in total. The highest BCUT2D eigenvalue weighted by Gasteiger charge is 2.11. The molecule has 0 fully saturated rings. The van der Waals surface area contributed by atoms with E-state index >= 15 is 0 Å². The number of carbonyl (C=O) groups excluding carboxylic acids is 1. The highest BCUT2D eigenvalue weighted by atomic mass is 35.5. The van der Waals surface area contributed by atoms with Crippen molar-refractivity contribution in [1.29, 1.82) is 0 Å². The number of amides is 1. The van der Waals surface area contributed by atoms with Gasteiger partial charge in [-0.05, 0) is 24.5 Å². The van der Waals surface area contributed by atoms with Gasteiger partial charge in [0.05, 0.1) is 6.42 Å². The maximum Gasteiger partial charge on any atom is 0.226 e. The maximum atomic E-state index is 13.4. The molecule has 100 valence electrons. The van der Waals surface area contributed by atoms with Crippen molar-refractivity contribution < 1.29 is 9.18 Å². The molecule has 0 aliphatic heterocycles. The number of alkyl halides is 1. The molecule has 0 aliphatic rings. The summed E-state index contributed by atoms with van der Waals surface area (Å²) in [5.41, 5.74) is 0.454. The standard InChI is InChI=1S/C14H19ClFNO/c1-17(10-6-2-5-9-15)14(18)11-12-7-3-4-8-13(12)16/h3-4,7-8H,2,5-6,9-11H2,1H3. The zero-order valence-electron chi connectivity index (χ0n) is 10.7. The van der Waals surface area contributed by atoms with Gasteiger partial charge in [0.1, 0.15) is 5.82 Å². The van der Waals surface area contributed by atoms with Gasteiger partial charge in [-0.15, -0.1) is 11.6 Å². The van der Waals surface area contributed by atoms with E-state index in [1.54, 1.807) is 30.1 Å². The van der Waals surface area contributed by atoms with Gasteiger partial charge in [0.2, 0.25) is 5.91 Å². The zero-order chi connectivity index (χ0) is 13.4. The van der Waals surface area contributed by atoms with Crippen LogP contribution in [0, 0.1) is 5.82 Å². The first kappa shape index (κ1) is 15.0. The Labute approximate surface area is 113 Å². The first-order valence-electron chi connectivity index (χ1n) is 6.18. The van der Waals surface area contributed by atoms with Crippen LogP contribution in [0.15, 0.2) is 24.3 Å². The molecule has 0 saturated heterocycles. The van der Waals surface area contributed by atoms with Gasteiger partial charge in [0.15, 0.2) is 0 Å². The van der Waals surface area contributed by atoms with Crippen LogP contribution in [0.3, 0.4) is 0 Å². The van der Waals surface area contributed by atoms with Gasteiger partial charge in [-0.2, -0.15) is 0 Å². The Hall–Kier alpha value is -1.09. The quantitative estimate of drug-likeness (QED) is 0.551. The molecule has 0 N–H and O–H groups in total. The summed E-state index contributed by atoms with van der Waals surface area (Å²) in [6.45, 7) is 0.699. The minimum absolute atomic E-state index is 0.0500. The summed E-state index contributed by atoms with van der Waals surface area (Å²) in [4.78, 5) is 13.5. The minimum atomic E-state index is -0.318. The lowest BCUT2D eigenvalue weighted by atomic mass is 10.1. The van der Waals surface area contributed by atoms with E-state index in [2.05, 4.69) is 0 Å². The van der Waals surface area contributed by atoms with E-state index in [1.165, 1.54) is 6.07 Å². The lowest BCUT2D eigenvalue weighted by Crippen LogP contribution is -2.29. The Morgan fingerprint density at radius 2 is 2.00 bits per heavy atom. The second-order valence-corrected chi connectivity index (χ2v) is 4.71. The van der Waals surface area contributed by atoms with Crippen molar-refractivity contribution in [1.82, 2.24) is 4.90 Å². The number of unbranched alkanes of at least 4 members (excludes halogenated alkanes) is 2. The second kappa shape index (κ2) is 8.09. The number of likely N-dealkylation sites (N-methyl/N-ethyl adjacent to an activating group) is 1. The predicted molar refractivity (Wildman–Crippen MR) is 72.3 cm³/mol. The minimum Gasteiger partial charge on any atom is -0.345 e. The van der Waals surface area contributed by atoms with Crippen molar-refractivity contribution in [3.63, 3.8) is 0 Å². The molecule has 1 aromatic carbocycles. The van der Waals surface area contributed by atoms with E-state index in [9.17, 15) is 9.18 Å². The Kier molecular flexibility index (Phi) is 6.73. The van der Waals surface area contributed by atoms with Gasteiger partial charge < -0.3 is 4.90 Å². The summed E-state index contributed by atoms with van der Waals surface area (Å²) in [7, 11) is 1.75. The van der Waals surface area contributed by atoms with Crippen molar-refractivity contribution >= 4 is 17.5 Å². The number of halogens is 2. The first-order valence-corrected chi connectivity index (χ1v) is 6.72. The molecular weight excluding hydrogens is 253 g/mol. The molecule has 1 aromatic rings. The lowest BCUT2D eigenvalue weighted by Gasteiger charge is -2.17. The molecule has 1 rings (SSSR count). The van der Waals surface area contributed by atoms with Crippen LogP contribution in [0.4, 0.5) is 4.39 Å². The Morgan fingerprint density at radius 1 is 1.28 bits per heavy atom. The van der Waals surface area contributed by atoms with Crippen LogP contribution < -0.4 is 0 Å². The van der Waals surface area contributed by atoms with Crippen LogP contribution in [0.25, 0.3) is 0 Å². The third kappa shape index (κ3) is 5.05. The summed E-state index contributed by atoms with van der Waals surface area (Å²) < 4.78 is 13.4. The molecule has 1 amide bonds. The summed E-state index contributed by atoms with van der Waals surface area (Å²) >= 11 is 5.58. The van der Waals surface area contributed by atoms with Gasteiger partial charge in [0.25, 0.3) is 0 Å². The summed E-state index contributed by atoms with van der Waals surface area (Å²) in [6, 6.07) is 6.39. The van der Waals surface area contributed by atoms with Crippen molar-refractivity contribution in [2.75, 3.05) is 19.5 Å². The fourth-order valence-electron chi connectivity index (χ4n) is 1.68. The molecule has 0 saturated carbocycles. The number of carbonyl (C=O) groups is 1. The summed E-state index contributed by atoms with van der Waals surface area (Å²) in [6.07, 6.45) is 3.04. The molecule has 0 spiro atoms. The van der Waals surface area contributed by atoms with Crippen molar-refractivity contribution in [3.8, 4) is 0 Å². The van der Waals surface area contributed by atoms with Crippen LogP contribution in [0.2, 0.25) is 0 Å².